The summed E-state index contributed by atoms with van der Waals surface area (Å²) in [5.74, 6) is -0.0995. The molecule has 5 heteroatoms. The molecule has 0 radical (unpaired) electrons. The molecule has 0 saturated heterocycles. The predicted octanol–water partition coefficient (Wildman–Crippen LogP) is -0.771. The van der Waals surface area contributed by atoms with Gasteiger partial charge in [0, 0.05) is 39.9 Å². The van der Waals surface area contributed by atoms with Gasteiger partial charge in [0.15, 0.2) is 0 Å². The lowest BCUT2D eigenvalue weighted by molar-refractivity contribution is -0.125. The number of nitrogens with one attached hydrogen (secondary N) is 1. The van der Waals surface area contributed by atoms with Gasteiger partial charge in [-0.3, -0.25) is 4.79 Å². The topological polar surface area (TPSA) is 61.8 Å². The highest BCUT2D eigenvalue weighted by Gasteiger charge is 2.01. The Morgan fingerprint density at radius 3 is 2.93 bits per heavy atom. The fourth-order valence-electron chi connectivity index (χ4n) is 0.907. The summed E-state index contributed by atoms with van der Waals surface area (Å²) >= 11 is 0. The number of carbonyl (C=O) groups excluding carboxylic acids is 1. The van der Waals surface area contributed by atoms with Crippen molar-refractivity contribution < 1.29 is 14.6 Å². The first-order valence-corrected chi connectivity index (χ1v) is 4.94. The van der Waals surface area contributed by atoms with E-state index in [2.05, 4.69) is 5.32 Å². The minimum atomic E-state index is -0.0995. The second-order valence-electron chi connectivity index (χ2n) is 3.08. The molecule has 0 spiro atoms. The third-order valence-electron chi connectivity index (χ3n) is 1.82. The maximum atomic E-state index is 11.3. The second kappa shape index (κ2) is 9.64. The van der Waals surface area contributed by atoms with Crippen molar-refractivity contribution in [2.75, 3.05) is 47.0 Å². The lowest BCUT2D eigenvalue weighted by atomic mass is 10.4. The van der Waals surface area contributed by atoms with E-state index in [0.717, 1.165) is 6.54 Å². The number of carbonyl (C=O) groups is 1. The summed E-state index contributed by atoms with van der Waals surface area (Å²) in [6, 6.07) is 0. The number of methoxy groups -OCH3 is 1. The van der Waals surface area contributed by atoms with E-state index in [4.69, 9.17) is 9.84 Å². The van der Waals surface area contributed by atoms with Crippen LogP contribution in [0.3, 0.4) is 0 Å². The first-order chi connectivity index (χ1) is 7.22. The Kier molecular flexibility index (Phi) is 9.05. The molecular weight excluding hydrogens is 196 g/mol. The summed E-state index contributed by atoms with van der Waals surface area (Å²) in [5.41, 5.74) is 0. The van der Waals surface area contributed by atoms with Gasteiger partial charge in [0.2, 0.25) is 5.91 Å². The smallest absolute Gasteiger partial charge is 0.246 e. The van der Waals surface area contributed by atoms with Gasteiger partial charge >= 0.3 is 0 Å². The summed E-state index contributed by atoms with van der Waals surface area (Å²) < 4.78 is 4.85. The molecule has 0 rings (SSSR count). The number of aliphatic hydroxyl groups is 1. The third kappa shape index (κ3) is 8.11. The van der Waals surface area contributed by atoms with E-state index in [-0.39, 0.29) is 12.5 Å². The van der Waals surface area contributed by atoms with Crippen LogP contribution in [0.1, 0.15) is 0 Å². The number of rotatable bonds is 8. The molecule has 0 heterocycles. The zero-order chi connectivity index (χ0) is 11.5. The third-order valence-corrected chi connectivity index (χ3v) is 1.82. The van der Waals surface area contributed by atoms with Crippen molar-refractivity contribution in [2.24, 2.45) is 0 Å². The van der Waals surface area contributed by atoms with Crippen molar-refractivity contribution >= 4 is 5.91 Å². The van der Waals surface area contributed by atoms with Crippen LogP contribution in [0.15, 0.2) is 12.2 Å². The standard InChI is InChI=1S/C10H20N2O3/c1-12(7-8-13)10(14)4-3-5-11-6-9-15-2/h3-4,11,13H,5-9H2,1-2H3/b4-3+. The van der Waals surface area contributed by atoms with Gasteiger partial charge in [-0.2, -0.15) is 0 Å². The number of aliphatic hydroxyl groups excluding tert-OH is 1. The molecule has 0 fully saturated rings. The highest BCUT2D eigenvalue weighted by Crippen LogP contribution is 1.85. The molecular formula is C10H20N2O3. The van der Waals surface area contributed by atoms with Crippen LogP contribution in [0.4, 0.5) is 0 Å². The molecule has 0 unspecified atom stereocenters. The Hall–Kier alpha value is -0.910. The van der Waals surface area contributed by atoms with Crippen LogP contribution >= 0.6 is 0 Å². The van der Waals surface area contributed by atoms with Crippen LogP contribution in [0.5, 0.6) is 0 Å². The summed E-state index contributed by atoms with van der Waals surface area (Å²) in [6.45, 7) is 2.41. The molecule has 2 N–H and O–H groups in total. The van der Waals surface area contributed by atoms with Gasteiger partial charge in [0.05, 0.1) is 13.2 Å². The van der Waals surface area contributed by atoms with Gasteiger partial charge in [0.1, 0.15) is 0 Å². The first-order valence-electron chi connectivity index (χ1n) is 4.94. The maximum Gasteiger partial charge on any atom is 0.246 e. The van der Waals surface area contributed by atoms with Crippen LogP contribution in [0.25, 0.3) is 0 Å². The van der Waals surface area contributed by atoms with Crippen LogP contribution in [-0.2, 0) is 9.53 Å². The molecule has 5 nitrogen and oxygen atoms in total. The highest BCUT2D eigenvalue weighted by atomic mass is 16.5. The zero-order valence-electron chi connectivity index (χ0n) is 9.40. The average Bonchev–Trinajstić information content (AvgIpc) is 2.23. The van der Waals surface area contributed by atoms with Crippen molar-refractivity contribution in [3.63, 3.8) is 0 Å². The second-order valence-corrected chi connectivity index (χ2v) is 3.08. The van der Waals surface area contributed by atoms with E-state index in [0.29, 0.717) is 19.7 Å². The van der Waals surface area contributed by atoms with Gasteiger partial charge in [-0.15, -0.1) is 0 Å². The molecule has 15 heavy (non-hydrogen) atoms. The fraction of sp³-hybridized carbons (Fsp3) is 0.700. The van der Waals surface area contributed by atoms with Gasteiger partial charge in [-0.05, 0) is 0 Å². The van der Waals surface area contributed by atoms with E-state index in [1.165, 1.54) is 11.0 Å². The molecule has 1 amide bonds. The molecule has 0 bridgehead atoms. The van der Waals surface area contributed by atoms with Crippen LogP contribution < -0.4 is 5.32 Å². The van der Waals surface area contributed by atoms with Crippen molar-refractivity contribution in [1.29, 1.82) is 0 Å². The molecule has 0 aromatic rings. The number of hydrogen-bond acceptors (Lipinski definition) is 4. The van der Waals surface area contributed by atoms with Crippen molar-refractivity contribution in [3.8, 4) is 0 Å². The van der Waals surface area contributed by atoms with Crippen molar-refractivity contribution in [1.82, 2.24) is 10.2 Å². The Bertz CT molecular complexity index is 195. The normalized spacial score (nSPS) is 10.9. The fourth-order valence-corrected chi connectivity index (χ4v) is 0.907. The zero-order valence-corrected chi connectivity index (χ0v) is 9.40. The lowest BCUT2D eigenvalue weighted by Crippen LogP contribution is -2.28. The van der Waals surface area contributed by atoms with E-state index < -0.39 is 0 Å². The Morgan fingerprint density at radius 1 is 1.60 bits per heavy atom. The molecule has 0 saturated carbocycles. The van der Waals surface area contributed by atoms with Crippen LogP contribution in [0.2, 0.25) is 0 Å². The van der Waals surface area contributed by atoms with Gasteiger partial charge in [-0.1, -0.05) is 6.08 Å². The number of nitrogens with zero attached hydrogens (tertiary/aromatic N) is 1. The Balaban J connectivity index is 3.53. The van der Waals surface area contributed by atoms with Gasteiger partial charge in [-0.25, -0.2) is 0 Å². The largest absolute Gasteiger partial charge is 0.395 e. The van der Waals surface area contributed by atoms with Gasteiger partial charge < -0.3 is 20.1 Å². The predicted molar refractivity (Wildman–Crippen MR) is 58.6 cm³/mol. The van der Waals surface area contributed by atoms with E-state index in [1.807, 2.05) is 0 Å². The van der Waals surface area contributed by atoms with Crippen molar-refractivity contribution in [2.45, 2.75) is 0 Å². The van der Waals surface area contributed by atoms with E-state index >= 15 is 0 Å². The minimum absolute atomic E-state index is 0.0117. The monoisotopic (exact) mass is 216 g/mol. The minimum Gasteiger partial charge on any atom is -0.395 e. The average molecular weight is 216 g/mol. The summed E-state index contributed by atoms with van der Waals surface area (Å²) in [4.78, 5) is 12.8. The Labute approximate surface area is 90.7 Å². The lowest BCUT2D eigenvalue weighted by Gasteiger charge is -2.12. The van der Waals surface area contributed by atoms with Gasteiger partial charge in [0.25, 0.3) is 0 Å². The molecule has 0 aromatic heterocycles. The van der Waals surface area contributed by atoms with Crippen LogP contribution in [-0.4, -0.2) is 62.9 Å². The summed E-state index contributed by atoms with van der Waals surface area (Å²) in [7, 11) is 3.30. The quantitative estimate of drug-likeness (QED) is 0.413. The van der Waals surface area contributed by atoms with E-state index in [1.54, 1.807) is 20.2 Å². The van der Waals surface area contributed by atoms with Crippen LogP contribution in [0, 0.1) is 0 Å². The molecule has 0 aliphatic rings. The first kappa shape index (κ1) is 14.1. The SMILES string of the molecule is COCCNC/C=C/C(=O)N(C)CCO. The summed E-state index contributed by atoms with van der Waals surface area (Å²) in [5, 5.41) is 11.7. The number of hydrogen-bond donors (Lipinski definition) is 2. The molecule has 0 atom stereocenters. The van der Waals surface area contributed by atoms with Crippen molar-refractivity contribution in [3.05, 3.63) is 12.2 Å². The molecule has 0 aromatic carbocycles. The molecule has 0 aliphatic heterocycles. The number of ether oxygens (including phenoxy) is 1. The Morgan fingerprint density at radius 2 is 2.33 bits per heavy atom. The number of amides is 1. The highest BCUT2D eigenvalue weighted by molar-refractivity contribution is 5.87. The molecule has 0 aliphatic carbocycles. The number of likely N-dealkylation sites (N-methyl/N-ethyl adjacent to an activating group) is 1. The maximum absolute atomic E-state index is 11.3. The molecule has 88 valence electrons. The van der Waals surface area contributed by atoms with E-state index in [9.17, 15) is 4.79 Å². The summed E-state index contributed by atoms with van der Waals surface area (Å²) in [6.07, 6.45) is 3.25.